The van der Waals surface area contributed by atoms with Gasteiger partial charge in [-0.05, 0) is 36.8 Å². The van der Waals surface area contributed by atoms with Crippen molar-refractivity contribution in [2.75, 3.05) is 5.32 Å². The highest BCUT2D eigenvalue weighted by atomic mass is 32.1. The molecule has 152 valence electrons. The summed E-state index contributed by atoms with van der Waals surface area (Å²) in [5.74, 6) is 0.589. The van der Waals surface area contributed by atoms with E-state index in [9.17, 15) is 9.18 Å². The summed E-state index contributed by atoms with van der Waals surface area (Å²) in [7, 11) is 0. The van der Waals surface area contributed by atoms with Crippen LogP contribution in [0.1, 0.15) is 25.9 Å². The summed E-state index contributed by atoms with van der Waals surface area (Å²) in [5, 5.41) is 7.88. The first-order valence-electron chi connectivity index (χ1n) is 9.30. The fourth-order valence-electron chi connectivity index (χ4n) is 2.89. The number of nitrogens with one attached hydrogen (secondary N) is 1. The van der Waals surface area contributed by atoms with Crippen LogP contribution in [-0.4, -0.2) is 20.7 Å². The minimum atomic E-state index is -0.321. The molecule has 0 fully saturated rings. The van der Waals surface area contributed by atoms with Gasteiger partial charge in [-0.1, -0.05) is 30.3 Å². The number of hydrogen-bond acceptors (Lipinski definition) is 5. The van der Waals surface area contributed by atoms with Gasteiger partial charge in [0.1, 0.15) is 33.9 Å². The van der Waals surface area contributed by atoms with E-state index >= 15 is 0 Å². The summed E-state index contributed by atoms with van der Waals surface area (Å²) in [6, 6.07) is 17.4. The standard InChI is InChI=1S/C22H19FN4O2S/c1-15-21(30-20(25-15)14-29-18-9-7-17(23)8-10-18)22(28)26-19-11-12-24-27(19)13-16-5-3-2-4-6-16/h2-12H,13-14H2,1H3,(H,26,28). The van der Waals surface area contributed by atoms with Gasteiger partial charge < -0.3 is 10.1 Å². The Balaban J connectivity index is 1.42. The number of benzene rings is 2. The van der Waals surface area contributed by atoms with E-state index in [4.69, 9.17) is 4.74 Å². The van der Waals surface area contributed by atoms with Crippen molar-refractivity contribution in [3.63, 3.8) is 0 Å². The Hall–Kier alpha value is -3.52. The third-order valence-corrected chi connectivity index (χ3v) is 5.49. The molecule has 30 heavy (non-hydrogen) atoms. The van der Waals surface area contributed by atoms with Crippen molar-refractivity contribution in [3.05, 3.63) is 93.8 Å². The highest BCUT2D eigenvalue weighted by molar-refractivity contribution is 7.13. The molecule has 0 saturated carbocycles. The maximum Gasteiger partial charge on any atom is 0.268 e. The van der Waals surface area contributed by atoms with Gasteiger partial charge in [-0.15, -0.1) is 11.3 Å². The van der Waals surface area contributed by atoms with E-state index in [-0.39, 0.29) is 18.3 Å². The van der Waals surface area contributed by atoms with Crippen LogP contribution >= 0.6 is 11.3 Å². The van der Waals surface area contributed by atoms with Crippen LogP contribution in [0.3, 0.4) is 0 Å². The molecule has 0 unspecified atom stereocenters. The molecule has 0 spiro atoms. The Kier molecular flexibility index (Phi) is 5.85. The van der Waals surface area contributed by atoms with Crippen molar-refractivity contribution >= 4 is 23.1 Å². The fourth-order valence-corrected chi connectivity index (χ4v) is 3.77. The zero-order valence-corrected chi connectivity index (χ0v) is 17.0. The van der Waals surface area contributed by atoms with E-state index in [1.165, 1.54) is 23.5 Å². The highest BCUT2D eigenvalue weighted by Crippen LogP contribution is 2.22. The third-order valence-electron chi connectivity index (χ3n) is 4.36. The van der Waals surface area contributed by atoms with Gasteiger partial charge in [0.15, 0.2) is 0 Å². The maximum absolute atomic E-state index is 13.0. The third kappa shape index (κ3) is 4.72. The van der Waals surface area contributed by atoms with Crippen molar-refractivity contribution in [3.8, 4) is 5.75 Å². The number of amides is 1. The lowest BCUT2D eigenvalue weighted by atomic mass is 10.2. The molecule has 1 amide bonds. The maximum atomic E-state index is 13.0. The summed E-state index contributed by atoms with van der Waals surface area (Å²) in [5.41, 5.74) is 1.72. The fraction of sp³-hybridized carbons (Fsp3) is 0.136. The predicted molar refractivity (Wildman–Crippen MR) is 113 cm³/mol. The topological polar surface area (TPSA) is 69.0 Å². The molecule has 6 nitrogen and oxygen atoms in total. The van der Waals surface area contributed by atoms with Gasteiger partial charge in [0.2, 0.25) is 0 Å². The van der Waals surface area contributed by atoms with Gasteiger partial charge in [0, 0.05) is 6.07 Å². The first kappa shape index (κ1) is 19.8. The first-order valence-corrected chi connectivity index (χ1v) is 10.1. The second kappa shape index (κ2) is 8.87. The molecule has 2 aromatic carbocycles. The second-order valence-electron chi connectivity index (χ2n) is 6.58. The number of aromatic nitrogens is 3. The Morgan fingerprint density at radius 1 is 1.13 bits per heavy atom. The SMILES string of the molecule is Cc1nc(COc2ccc(F)cc2)sc1C(=O)Nc1ccnn1Cc1ccccc1. The van der Waals surface area contributed by atoms with E-state index in [0.29, 0.717) is 33.7 Å². The average Bonchev–Trinajstić information content (AvgIpc) is 3.34. The number of thiazole rings is 1. The molecule has 0 aliphatic heterocycles. The summed E-state index contributed by atoms with van der Waals surface area (Å²) in [6.45, 7) is 2.55. The predicted octanol–water partition coefficient (Wildman–Crippen LogP) is 4.67. The smallest absolute Gasteiger partial charge is 0.268 e. The van der Waals surface area contributed by atoms with E-state index in [0.717, 1.165) is 5.56 Å². The molecule has 2 aromatic heterocycles. The van der Waals surface area contributed by atoms with E-state index in [1.54, 1.807) is 36.0 Å². The lowest BCUT2D eigenvalue weighted by molar-refractivity contribution is 0.102. The van der Waals surface area contributed by atoms with Crippen LogP contribution in [-0.2, 0) is 13.2 Å². The number of nitrogens with zero attached hydrogens (tertiary/aromatic N) is 3. The van der Waals surface area contributed by atoms with Crippen LogP contribution < -0.4 is 10.1 Å². The number of anilines is 1. The van der Waals surface area contributed by atoms with Crippen LogP contribution in [0.2, 0.25) is 0 Å². The van der Waals surface area contributed by atoms with Gasteiger partial charge in [-0.3, -0.25) is 4.79 Å². The molecule has 0 saturated heterocycles. The molecule has 4 rings (SSSR count). The molecular weight excluding hydrogens is 403 g/mol. The van der Waals surface area contributed by atoms with Gasteiger partial charge in [0.25, 0.3) is 5.91 Å². The Labute approximate surface area is 177 Å². The summed E-state index contributed by atoms with van der Waals surface area (Å²) in [6.07, 6.45) is 1.65. The van der Waals surface area contributed by atoms with Crippen molar-refractivity contribution < 1.29 is 13.9 Å². The number of carbonyl (C=O) groups is 1. The molecule has 1 N–H and O–H groups in total. The Morgan fingerprint density at radius 3 is 2.67 bits per heavy atom. The summed E-state index contributed by atoms with van der Waals surface area (Å²) >= 11 is 1.27. The molecule has 4 aromatic rings. The lowest BCUT2D eigenvalue weighted by Gasteiger charge is -2.08. The zero-order chi connectivity index (χ0) is 20.9. The van der Waals surface area contributed by atoms with Crippen molar-refractivity contribution in [1.29, 1.82) is 0 Å². The van der Waals surface area contributed by atoms with Crippen LogP contribution in [0.15, 0.2) is 66.9 Å². The Bertz CT molecular complexity index is 1140. The van der Waals surface area contributed by atoms with Gasteiger partial charge in [-0.2, -0.15) is 5.10 Å². The quantitative estimate of drug-likeness (QED) is 0.470. The van der Waals surface area contributed by atoms with Crippen molar-refractivity contribution in [1.82, 2.24) is 14.8 Å². The number of ether oxygens (including phenoxy) is 1. The Morgan fingerprint density at radius 2 is 1.90 bits per heavy atom. The minimum absolute atomic E-state index is 0.205. The van der Waals surface area contributed by atoms with Gasteiger partial charge >= 0.3 is 0 Å². The van der Waals surface area contributed by atoms with E-state index < -0.39 is 0 Å². The molecule has 0 radical (unpaired) electrons. The van der Waals surface area contributed by atoms with Gasteiger partial charge in [-0.25, -0.2) is 14.1 Å². The minimum Gasteiger partial charge on any atom is -0.486 e. The van der Waals surface area contributed by atoms with Crippen LogP contribution in [0, 0.1) is 12.7 Å². The number of halogens is 1. The van der Waals surface area contributed by atoms with E-state index in [2.05, 4.69) is 15.4 Å². The van der Waals surface area contributed by atoms with Crippen molar-refractivity contribution in [2.45, 2.75) is 20.1 Å². The molecule has 0 atom stereocenters. The summed E-state index contributed by atoms with van der Waals surface area (Å²) in [4.78, 5) is 17.7. The summed E-state index contributed by atoms with van der Waals surface area (Å²) < 4.78 is 20.3. The lowest BCUT2D eigenvalue weighted by Crippen LogP contribution is -2.16. The van der Waals surface area contributed by atoms with E-state index in [1.807, 2.05) is 30.3 Å². The number of rotatable bonds is 7. The largest absolute Gasteiger partial charge is 0.486 e. The molecule has 0 bridgehead atoms. The second-order valence-corrected chi connectivity index (χ2v) is 7.66. The van der Waals surface area contributed by atoms with Crippen LogP contribution in [0.25, 0.3) is 0 Å². The molecule has 2 heterocycles. The molecule has 0 aliphatic rings. The highest BCUT2D eigenvalue weighted by Gasteiger charge is 2.17. The zero-order valence-electron chi connectivity index (χ0n) is 16.2. The number of hydrogen-bond donors (Lipinski definition) is 1. The van der Waals surface area contributed by atoms with Crippen molar-refractivity contribution in [2.24, 2.45) is 0 Å². The normalized spacial score (nSPS) is 10.7. The molecule has 0 aliphatic carbocycles. The monoisotopic (exact) mass is 422 g/mol. The van der Waals surface area contributed by atoms with Gasteiger partial charge in [0.05, 0.1) is 18.4 Å². The number of aryl methyl sites for hydroxylation is 1. The molecular formula is C22H19FN4O2S. The average molecular weight is 422 g/mol. The number of carbonyl (C=O) groups excluding carboxylic acids is 1. The first-order chi connectivity index (χ1) is 14.6. The van der Waals surface area contributed by atoms with Crippen LogP contribution in [0.5, 0.6) is 5.75 Å². The molecule has 8 heteroatoms. The van der Waals surface area contributed by atoms with Crippen LogP contribution in [0.4, 0.5) is 10.2 Å².